The summed E-state index contributed by atoms with van der Waals surface area (Å²) < 4.78 is 13.5. The average Bonchev–Trinajstić information content (AvgIpc) is 3.13. The number of carbonyl (C=O) groups is 1. The van der Waals surface area contributed by atoms with E-state index in [0.717, 1.165) is 24.2 Å². The Kier molecular flexibility index (Phi) is 6.89. The molecule has 0 saturated carbocycles. The number of nitrogens with one attached hydrogen (secondary N) is 1. The van der Waals surface area contributed by atoms with Crippen molar-refractivity contribution >= 4 is 11.6 Å². The van der Waals surface area contributed by atoms with Crippen LogP contribution >= 0.6 is 0 Å². The van der Waals surface area contributed by atoms with E-state index in [2.05, 4.69) is 17.2 Å². The lowest BCUT2D eigenvalue weighted by molar-refractivity contribution is 0.0953. The third kappa shape index (κ3) is 5.03. The van der Waals surface area contributed by atoms with Crippen LogP contribution in [-0.4, -0.2) is 35.1 Å². The van der Waals surface area contributed by atoms with Crippen molar-refractivity contribution in [2.45, 2.75) is 33.1 Å². The molecule has 0 atom stereocenters. The summed E-state index contributed by atoms with van der Waals surface area (Å²) in [7, 11) is 0. The summed E-state index contributed by atoms with van der Waals surface area (Å²) in [5.74, 6) is 1.16. The van der Waals surface area contributed by atoms with Gasteiger partial charge in [0.15, 0.2) is 11.5 Å². The first-order valence-corrected chi connectivity index (χ1v) is 9.81. The quantitative estimate of drug-likeness (QED) is 0.579. The van der Waals surface area contributed by atoms with Crippen molar-refractivity contribution in [2.24, 2.45) is 0 Å². The maximum Gasteiger partial charge on any atom is 0.251 e. The zero-order valence-electron chi connectivity index (χ0n) is 16.5. The molecule has 1 amide bonds. The summed E-state index contributed by atoms with van der Waals surface area (Å²) in [5.41, 5.74) is 2.41. The van der Waals surface area contributed by atoms with Crippen LogP contribution in [0, 0.1) is 0 Å². The molecule has 6 heteroatoms. The van der Waals surface area contributed by atoms with Gasteiger partial charge in [-0.25, -0.2) is 4.98 Å². The summed E-state index contributed by atoms with van der Waals surface area (Å²) in [6, 6.07) is 11.2. The average molecular weight is 381 g/mol. The van der Waals surface area contributed by atoms with Crippen LogP contribution in [0.15, 0.2) is 48.8 Å². The topological polar surface area (TPSA) is 64.9 Å². The first-order valence-electron chi connectivity index (χ1n) is 9.81. The molecule has 0 aliphatic rings. The Hall–Kier alpha value is -3.02. The van der Waals surface area contributed by atoms with Gasteiger partial charge >= 0.3 is 0 Å². The number of rotatable bonds is 10. The number of nitrogens with zero attached hydrogens (tertiary/aromatic N) is 2. The van der Waals surface area contributed by atoms with Crippen molar-refractivity contribution < 1.29 is 14.3 Å². The zero-order chi connectivity index (χ0) is 19.8. The molecule has 148 valence electrons. The molecule has 0 aliphatic carbocycles. The van der Waals surface area contributed by atoms with E-state index in [0.29, 0.717) is 43.2 Å². The molecule has 0 radical (unpaired) electrons. The second kappa shape index (κ2) is 9.78. The highest BCUT2D eigenvalue weighted by molar-refractivity contribution is 5.94. The predicted molar refractivity (Wildman–Crippen MR) is 109 cm³/mol. The predicted octanol–water partition coefficient (Wildman–Crippen LogP) is 3.88. The minimum atomic E-state index is -0.132. The number of aromatic nitrogens is 2. The number of benzene rings is 1. The maximum atomic E-state index is 12.5. The van der Waals surface area contributed by atoms with Gasteiger partial charge in [-0.05, 0) is 43.2 Å². The first-order chi connectivity index (χ1) is 13.7. The minimum Gasteiger partial charge on any atom is -0.490 e. The molecular weight excluding hydrogens is 354 g/mol. The first kappa shape index (κ1) is 19.7. The van der Waals surface area contributed by atoms with Gasteiger partial charge in [0.05, 0.1) is 18.9 Å². The third-order valence-electron chi connectivity index (χ3n) is 4.21. The minimum absolute atomic E-state index is 0.132. The molecule has 1 aromatic carbocycles. The Morgan fingerprint density at radius 2 is 1.86 bits per heavy atom. The van der Waals surface area contributed by atoms with Crippen molar-refractivity contribution in [3.8, 4) is 11.5 Å². The Bertz CT molecular complexity index is 887. The summed E-state index contributed by atoms with van der Waals surface area (Å²) in [6.45, 7) is 5.82. The summed E-state index contributed by atoms with van der Waals surface area (Å²) in [4.78, 5) is 17.1. The Morgan fingerprint density at radius 3 is 2.61 bits per heavy atom. The molecule has 0 fully saturated rings. The van der Waals surface area contributed by atoms with Gasteiger partial charge in [0.2, 0.25) is 0 Å². The number of imidazole rings is 1. The lowest BCUT2D eigenvalue weighted by Crippen LogP contribution is -2.25. The highest BCUT2D eigenvalue weighted by atomic mass is 16.5. The largest absolute Gasteiger partial charge is 0.490 e. The molecule has 0 bridgehead atoms. The molecule has 2 aromatic heterocycles. The fourth-order valence-corrected chi connectivity index (χ4v) is 2.82. The summed E-state index contributed by atoms with van der Waals surface area (Å²) >= 11 is 0. The molecule has 0 aliphatic heterocycles. The summed E-state index contributed by atoms with van der Waals surface area (Å²) in [6.07, 6.45) is 6.42. The normalized spacial score (nSPS) is 10.8. The molecule has 3 aromatic rings. The van der Waals surface area contributed by atoms with Crippen molar-refractivity contribution in [2.75, 3.05) is 19.8 Å². The second-order valence-corrected chi connectivity index (χ2v) is 6.56. The SMILES string of the molecule is CCCOc1ccc(C(=O)NCCc2cn3ccccc3n2)cc1OCCC. The molecule has 2 heterocycles. The van der Waals surface area contributed by atoms with Crippen LogP contribution in [0.1, 0.15) is 42.7 Å². The highest BCUT2D eigenvalue weighted by Gasteiger charge is 2.12. The lowest BCUT2D eigenvalue weighted by Gasteiger charge is -2.13. The monoisotopic (exact) mass is 381 g/mol. The molecule has 0 saturated heterocycles. The zero-order valence-corrected chi connectivity index (χ0v) is 16.5. The number of hydrogen-bond donors (Lipinski definition) is 1. The van der Waals surface area contributed by atoms with Gasteiger partial charge in [-0.15, -0.1) is 0 Å². The van der Waals surface area contributed by atoms with E-state index >= 15 is 0 Å². The van der Waals surface area contributed by atoms with Crippen molar-refractivity contribution in [3.05, 3.63) is 60.0 Å². The molecule has 0 unspecified atom stereocenters. The Labute approximate surface area is 165 Å². The van der Waals surface area contributed by atoms with E-state index in [-0.39, 0.29) is 5.91 Å². The molecule has 1 N–H and O–H groups in total. The molecule has 0 spiro atoms. The standard InChI is InChI=1S/C22H27N3O3/c1-3-13-27-19-9-8-17(15-20(19)28-14-4-2)22(26)23-11-10-18-16-25-12-6-5-7-21(25)24-18/h5-9,12,15-16H,3-4,10-11,13-14H2,1-2H3,(H,23,26). The highest BCUT2D eigenvalue weighted by Crippen LogP contribution is 2.29. The van der Waals surface area contributed by atoms with Gasteiger partial charge in [0, 0.05) is 30.9 Å². The fraction of sp³-hybridized carbons (Fsp3) is 0.364. The van der Waals surface area contributed by atoms with Crippen LogP contribution in [0.25, 0.3) is 5.65 Å². The van der Waals surface area contributed by atoms with Crippen molar-refractivity contribution in [3.63, 3.8) is 0 Å². The number of carbonyl (C=O) groups excluding carboxylic acids is 1. The molecule has 6 nitrogen and oxygen atoms in total. The Morgan fingerprint density at radius 1 is 1.07 bits per heavy atom. The van der Waals surface area contributed by atoms with E-state index in [1.807, 2.05) is 41.9 Å². The van der Waals surface area contributed by atoms with Gasteiger partial charge in [0.25, 0.3) is 5.91 Å². The van der Waals surface area contributed by atoms with E-state index in [4.69, 9.17) is 9.47 Å². The van der Waals surface area contributed by atoms with Crippen LogP contribution in [0.3, 0.4) is 0 Å². The smallest absolute Gasteiger partial charge is 0.251 e. The second-order valence-electron chi connectivity index (χ2n) is 6.56. The van der Waals surface area contributed by atoms with E-state index in [1.165, 1.54) is 0 Å². The van der Waals surface area contributed by atoms with Crippen LogP contribution < -0.4 is 14.8 Å². The molecule has 28 heavy (non-hydrogen) atoms. The van der Waals surface area contributed by atoms with Gasteiger partial charge in [-0.1, -0.05) is 19.9 Å². The maximum absolute atomic E-state index is 12.5. The van der Waals surface area contributed by atoms with Crippen molar-refractivity contribution in [1.29, 1.82) is 0 Å². The number of fused-ring (bicyclic) bond motifs is 1. The van der Waals surface area contributed by atoms with Crippen molar-refractivity contribution in [1.82, 2.24) is 14.7 Å². The van der Waals surface area contributed by atoms with Gasteiger partial charge in [-0.2, -0.15) is 0 Å². The van der Waals surface area contributed by atoms with Crippen LogP contribution in [0.2, 0.25) is 0 Å². The summed E-state index contributed by atoms with van der Waals surface area (Å²) in [5, 5.41) is 2.95. The lowest BCUT2D eigenvalue weighted by atomic mass is 10.2. The van der Waals surface area contributed by atoms with E-state index < -0.39 is 0 Å². The van der Waals surface area contributed by atoms with Crippen LogP contribution in [0.5, 0.6) is 11.5 Å². The third-order valence-corrected chi connectivity index (χ3v) is 4.21. The van der Waals surface area contributed by atoms with Crippen LogP contribution in [-0.2, 0) is 6.42 Å². The van der Waals surface area contributed by atoms with Gasteiger partial charge < -0.3 is 19.2 Å². The van der Waals surface area contributed by atoms with E-state index in [9.17, 15) is 4.79 Å². The van der Waals surface area contributed by atoms with E-state index in [1.54, 1.807) is 18.2 Å². The molecule has 3 rings (SSSR count). The number of hydrogen-bond acceptors (Lipinski definition) is 4. The Balaban J connectivity index is 1.60. The van der Waals surface area contributed by atoms with Gasteiger partial charge in [0.1, 0.15) is 5.65 Å². The van der Waals surface area contributed by atoms with Crippen LogP contribution in [0.4, 0.5) is 0 Å². The molecular formula is C22H27N3O3. The fourth-order valence-electron chi connectivity index (χ4n) is 2.82. The number of pyridine rings is 1. The van der Waals surface area contributed by atoms with Gasteiger partial charge in [-0.3, -0.25) is 4.79 Å². The number of ether oxygens (including phenoxy) is 2. The number of amides is 1.